The molecule has 2 nitrogen and oxygen atoms in total. The average Bonchev–Trinajstić information content (AvgIpc) is 2.38. The highest BCUT2D eigenvalue weighted by molar-refractivity contribution is 4.79. The molecule has 0 aromatic heterocycles. The van der Waals surface area contributed by atoms with Crippen molar-refractivity contribution in [2.75, 3.05) is 26.2 Å². The standard InChI is InChI=1S/C15H32N2/c1-5-9-16-12-13(3)14(4)17-10-7-15(6-2)8-11-17/h13-16H,5-12H2,1-4H3. The van der Waals surface area contributed by atoms with Crippen molar-refractivity contribution in [1.82, 2.24) is 10.2 Å². The minimum Gasteiger partial charge on any atom is -0.316 e. The van der Waals surface area contributed by atoms with Crippen molar-refractivity contribution in [3.8, 4) is 0 Å². The molecule has 2 unspecified atom stereocenters. The number of nitrogens with one attached hydrogen (secondary N) is 1. The average molecular weight is 240 g/mol. The highest BCUT2D eigenvalue weighted by Gasteiger charge is 2.24. The Bertz CT molecular complexity index is 185. The van der Waals surface area contributed by atoms with Gasteiger partial charge in [0, 0.05) is 6.04 Å². The Labute approximate surface area is 108 Å². The number of hydrogen-bond acceptors (Lipinski definition) is 2. The third-order valence-corrected chi connectivity index (χ3v) is 4.52. The van der Waals surface area contributed by atoms with Crippen molar-refractivity contribution in [2.45, 2.75) is 59.4 Å². The van der Waals surface area contributed by atoms with Gasteiger partial charge in [-0.15, -0.1) is 0 Å². The molecule has 1 aliphatic rings. The van der Waals surface area contributed by atoms with Gasteiger partial charge in [-0.2, -0.15) is 0 Å². The Morgan fingerprint density at radius 3 is 2.35 bits per heavy atom. The summed E-state index contributed by atoms with van der Waals surface area (Å²) in [4.78, 5) is 2.70. The molecule has 0 spiro atoms. The van der Waals surface area contributed by atoms with Gasteiger partial charge in [0.2, 0.25) is 0 Å². The van der Waals surface area contributed by atoms with E-state index < -0.39 is 0 Å². The van der Waals surface area contributed by atoms with Gasteiger partial charge < -0.3 is 10.2 Å². The van der Waals surface area contributed by atoms with Gasteiger partial charge in [0.25, 0.3) is 0 Å². The highest BCUT2D eigenvalue weighted by atomic mass is 15.2. The third kappa shape index (κ3) is 4.97. The molecule has 102 valence electrons. The molecule has 1 rings (SSSR count). The molecule has 0 aromatic rings. The van der Waals surface area contributed by atoms with E-state index in [-0.39, 0.29) is 0 Å². The van der Waals surface area contributed by atoms with Gasteiger partial charge in [-0.25, -0.2) is 0 Å². The van der Waals surface area contributed by atoms with E-state index in [1.807, 2.05) is 0 Å². The molecule has 0 aliphatic carbocycles. The maximum atomic E-state index is 3.55. The highest BCUT2D eigenvalue weighted by Crippen LogP contribution is 2.23. The molecule has 0 bridgehead atoms. The van der Waals surface area contributed by atoms with E-state index in [1.165, 1.54) is 45.3 Å². The van der Waals surface area contributed by atoms with Crippen molar-refractivity contribution in [2.24, 2.45) is 11.8 Å². The lowest BCUT2D eigenvalue weighted by Crippen LogP contribution is -2.45. The van der Waals surface area contributed by atoms with Crippen LogP contribution in [0.3, 0.4) is 0 Å². The van der Waals surface area contributed by atoms with Crippen LogP contribution in [0, 0.1) is 11.8 Å². The molecule has 0 saturated carbocycles. The first-order valence-electron chi connectivity index (χ1n) is 7.63. The summed E-state index contributed by atoms with van der Waals surface area (Å²) < 4.78 is 0. The normalized spacial score (nSPS) is 22.6. The summed E-state index contributed by atoms with van der Waals surface area (Å²) in [5.41, 5.74) is 0. The predicted molar refractivity (Wildman–Crippen MR) is 76.4 cm³/mol. The van der Waals surface area contributed by atoms with Crippen molar-refractivity contribution in [1.29, 1.82) is 0 Å². The Morgan fingerprint density at radius 2 is 1.82 bits per heavy atom. The van der Waals surface area contributed by atoms with Crippen LogP contribution in [-0.4, -0.2) is 37.1 Å². The Kier molecular flexibility index (Phi) is 7.14. The quantitative estimate of drug-likeness (QED) is 0.688. The molecule has 2 heteroatoms. The van der Waals surface area contributed by atoms with E-state index in [4.69, 9.17) is 0 Å². The molecule has 1 saturated heterocycles. The maximum Gasteiger partial charge on any atom is 0.0105 e. The zero-order chi connectivity index (χ0) is 12.7. The van der Waals surface area contributed by atoms with Gasteiger partial charge in [-0.1, -0.05) is 27.2 Å². The van der Waals surface area contributed by atoms with E-state index in [2.05, 4.69) is 37.9 Å². The van der Waals surface area contributed by atoms with E-state index in [1.54, 1.807) is 0 Å². The summed E-state index contributed by atoms with van der Waals surface area (Å²) >= 11 is 0. The molecule has 1 aliphatic heterocycles. The first-order chi connectivity index (χ1) is 8.19. The van der Waals surface area contributed by atoms with Crippen molar-refractivity contribution in [3.63, 3.8) is 0 Å². The SMILES string of the molecule is CCCNCC(C)C(C)N1CCC(CC)CC1. The van der Waals surface area contributed by atoms with Crippen LogP contribution in [0.5, 0.6) is 0 Å². The summed E-state index contributed by atoms with van der Waals surface area (Å²) in [7, 11) is 0. The molecular weight excluding hydrogens is 208 g/mol. The van der Waals surface area contributed by atoms with Gasteiger partial charge in [-0.3, -0.25) is 0 Å². The zero-order valence-corrected chi connectivity index (χ0v) is 12.3. The Balaban J connectivity index is 2.24. The molecular formula is C15H32N2. The lowest BCUT2D eigenvalue weighted by molar-refractivity contribution is 0.108. The Morgan fingerprint density at radius 1 is 1.18 bits per heavy atom. The van der Waals surface area contributed by atoms with E-state index >= 15 is 0 Å². The van der Waals surface area contributed by atoms with Crippen LogP contribution in [0.15, 0.2) is 0 Å². The van der Waals surface area contributed by atoms with Gasteiger partial charge in [0.15, 0.2) is 0 Å². The van der Waals surface area contributed by atoms with Crippen molar-refractivity contribution in [3.05, 3.63) is 0 Å². The lowest BCUT2D eigenvalue weighted by atomic mass is 9.91. The zero-order valence-electron chi connectivity index (χ0n) is 12.3. The van der Waals surface area contributed by atoms with Crippen LogP contribution >= 0.6 is 0 Å². The summed E-state index contributed by atoms with van der Waals surface area (Å²) in [6, 6.07) is 0.733. The summed E-state index contributed by atoms with van der Waals surface area (Å²) in [6.45, 7) is 14.3. The van der Waals surface area contributed by atoms with Gasteiger partial charge in [-0.05, 0) is 64.2 Å². The van der Waals surface area contributed by atoms with E-state index in [0.29, 0.717) is 0 Å². The van der Waals surface area contributed by atoms with Crippen LogP contribution in [0.2, 0.25) is 0 Å². The second-order valence-corrected chi connectivity index (χ2v) is 5.81. The minimum absolute atomic E-state index is 0.733. The van der Waals surface area contributed by atoms with Gasteiger partial charge in [0.05, 0.1) is 0 Å². The molecule has 2 atom stereocenters. The van der Waals surface area contributed by atoms with Crippen molar-refractivity contribution < 1.29 is 0 Å². The topological polar surface area (TPSA) is 15.3 Å². The second kappa shape index (κ2) is 8.10. The summed E-state index contributed by atoms with van der Waals surface area (Å²) in [5.74, 6) is 1.76. The maximum absolute atomic E-state index is 3.55. The molecule has 0 radical (unpaired) electrons. The molecule has 0 aromatic carbocycles. The minimum atomic E-state index is 0.733. The smallest absolute Gasteiger partial charge is 0.0105 e. The molecule has 1 N–H and O–H groups in total. The number of rotatable bonds is 7. The second-order valence-electron chi connectivity index (χ2n) is 5.81. The van der Waals surface area contributed by atoms with Crippen LogP contribution in [0.1, 0.15) is 53.4 Å². The summed E-state index contributed by atoms with van der Waals surface area (Å²) in [6.07, 6.45) is 5.44. The van der Waals surface area contributed by atoms with Gasteiger partial charge in [0.1, 0.15) is 0 Å². The number of piperidine rings is 1. The fraction of sp³-hybridized carbons (Fsp3) is 1.00. The first-order valence-corrected chi connectivity index (χ1v) is 7.63. The molecule has 1 heterocycles. The number of likely N-dealkylation sites (tertiary alicyclic amines) is 1. The van der Waals surface area contributed by atoms with Crippen LogP contribution < -0.4 is 5.32 Å². The molecule has 1 fully saturated rings. The van der Waals surface area contributed by atoms with Crippen LogP contribution in [0.25, 0.3) is 0 Å². The van der Waals surface area contributed by atoms with Gasteiger partial charge >= 0.3 is 0 Å². The van der Waals surface area contributed by atoms with E-state index in [0.717, 1.165) is 24.4 Å². The molecule has 17 heavy (non-hydrogen) atoms. The lowest BCUT2D eigenvalue weighted by Gasteiger charge is -2.38. The fourth-order valence-corrected chi connectivity index (χ4v) is 2.81. The van der Waals surface area contributed by atoms with Crippen LogP contribution in [-0.2, 0) is 0 Å². The largest absolute Gasteiger partial charge is 0.316 e. The Hall–Kier alpha value is -0.0800. The third-order valence-electron chi connectivity index (χ3n) is 4.52. The fourth-order valence-electron chi connectivity index (χ4n) is 2.81. The van der Waals surface area contributed by atoms with Crippen LogP contribution in [0.4, 0.5) is 0 Å². The van der Waals surface area contributed by atoms with Crippen molar-refractivity contribution >= 4 is 0 Å². The van der Waals surface area contributed by atoms with E-state index in [9.17, 15) is 0 Å². The monoisotopic (exact) mass is 240 g/mol. The first kappa shape index (κ1) is 15.0. The predicted octanol–water partition coefficient (Wildman–Crippen LogP) is 3.13. The number of hydrogen-bond donors (Lipinski definition) is 1. The molecule has 0 amide bonds. The summed E-state index contributed by atoms with van der Waals surface area (Å²) in [5, 5.41) is 3.55. The number of nitrogens with zero attached hydrogens (tertiary/aromatic N) is 1.